The van der Waals surface area contributed by atoms with E-state index in [1.54, 1.807) is 11.6 Å². The standard InChI is InChI=1S/C22H20ClF2N3O4S/c23-15-12(1-2-13(24)16(15)25)18-14(21(29)30)17(27-19(28-18)20-26-7-10-33-20)11-3-5-22(6-4-11)31-8-9-32-22/h1-2,7,10-11,18H,3-6,8-9H2,(H,27,28)(H,29,30). The molecule has 1 atom stereocenters. The third-order valence-electron chi connectivity index (χ3n) is 6.27. The highest BCUT2D eigenvalue weighted by Gasteiger charge is 2.44. The summed E-state index contributed by atoms with van der Waals surface area (Å²) in [6, 6.07) is 1.07. The summed E-state index contributed by atoms with van der Waals surface area (Å²) in [5, 5.41) is 15.2. The van der Waals surface area contributed by atoms with Crippen LogP contribution in [0.15, 0.2) is 40.0 Å². The fraction of sp³-hybridized carbons (Fsp3) is 0.409. The van der Waals surface area contributed by atoms with Crippen molar-refractivity contribution in [3.63, 3.8) is 0 Å². The fourth-order valence-corrected chi connectivity index (χ4v) is 5.52. The number of benzene rings is 1. The van der Waals surface area contributed by atoms with Crippen LogP contribution in [0.1, 0.15) is 42.3 Å². The number of rotatable bonds is 4. The van der Waals surface area contributed by atoms with Crippen LogP contribution in [0.3, 0.4) is 0 Å². The van der Waals surface area contributed by atoms with Crippen molar-refractivity contribution in [1.82, 2.24) is 10.3 Å². The van der Waals surface area contributed by atoms with Gasteiger partial charge in [0.15, 0.2) is 28.3 Å². The van der Waals surface area contributed by atoms with Crippen molar-refractivity contribution >= 4 is 34.7 Å². The molecule has 2 aromatic rings. The van der Waals surface area contributed by atoms with Crippen LogP contribution < -0.4 is 5.32 Å². The number of amidine groups is 1. The topological polar surface area (TPSA) is 93.0 Å². The summed E-state index contributed by atoms with van der Waals surface area (Å²) in [6.07, 6.45) is 4.11. The molecule has 2 fully saturated rings. The molecular formula is C22H20ClF2N3O4S. The Balaban J connectivity index is 1.59. The lowest BCUT2D eigenvalue weighted by molar-refractivity contribution is -0.181. The van der Waals surface area contributed by atoms with Gasteiger partial charge in [-0.1, -0.05) is 17.7 Å². The van der Waals surface area contributed by atoms with Gasteiger partial charge in [-0.3, -0.25) is 4.99 Å². The van der Waals surface area contributed by atoms with E-state index in [1.165, 1.54) is 17.4 Å². The van der Waals surface area contributed by atoms with Crippen LogP contribution in [-0.2, 0) is 14.3 Å². The normalized spacial score (nSPS) is 23.0. The first-order valence-electron chi connectivity index (χ1n) is 10.5. The van der Waals surface area contributed by atoms with E-state index in [-0.39, 0.29) is 17.1 Å². The molecule has 5 rings (SSSR count). The van der Waals surface area contributed by atoms with Crippen LogP contribution in [-0.4, -0.2) is 40.9 Å². The lowest BCUT2D eigenvalue weighted by atomic mass is 9.80. The van der Waals surface area contributed by atoms with Crippen LogP contribution in [0, 0.1) is 17.6 Å². The number of hydrogen-bond donors (Lipinski definition) is 2. The van der Waals surface area contributed by atoms with Crippen molar-refractivity contribution < 1.29 is 28.2 Å². The van der Waals surface area contributed by atoms with Crippen molar-refractivity contribution in [1.29, 1.82) is 0 Å². The summed E-state index contributed by atoms with van der Waals surface area (Å²) in [5.74, 6) is -3.95. The lowest BCUT2D eigenvalue weighted by Gasteiger charge is -2.38. The molecule has 1 aromatic heterocycles. The number of nitrogens with zero attached hydrogens (tertiary/aromatic N) is 2. The Kier molecular flexibility index (Phi) is 5.94. The summed E-state index contributed by atoms with van der Waals surface area (Å²) in [5.41, 5.74) is 0.509. The highest BCUT2D eigenvalue weighted by atomic mass is 35.5. The third-order valence-corrected chi connectivity index (χ3v) is 7.43. The van der Waals surface area contributed by atoms with E-state index in [2.05, 4.69) is 15.3 Å². The number of carboxylic acid groups (broad SMARTS) is 1. The van der Waals surface area contributed by atoms with Gasteiger partial charge in [0.05, 0.1) is 23.8 Å². The molecule has 1 aliphatic carbocycles. The minimum Gasteiger partial charge on any atom is -0.478 e. The maximum atomic E-state index is 14.3. The van der Waals surface area contributed by atoms with Crippen molar-refractivity contribution in [2.75, 3.05) is 13.2 Å². The Morgan fingerprint density at radius 2 is 1.97 bits per heavy atom. The van der Waals surface area contributed by atoms with Gasteiger partial charge in [-0.05, 0) is 18.9 Å². The first kappa shape index (κ1) is 22.4. The minimum absolute atomic E-state index is 0.0441. The number of carbonyl (C=O) groups is 1. The molecule has 33 heavy (non-hydrogen) atoms. The van der Waals surface area contributed by atoms with Gasteiger partial charge in [0.1, 0.15) is 6.04 Å². The van der Waals surface area contributed by atoms with E-state index in [4.69, 9.17) is 21.1 Å². The molecule has 0 bridgehead atoms. The molecule has 0 radical (unpaired) electrons. The SMILES string of the molecule is O=C(O)C1=C(C2CCC3(CC2)OCCO3)NC(c2nccs2)=NC1c1ccc(F)c(F)c1Cl. The molecule has 174 valence electrons. The molecule has 1 saturated carbocycles. The highest BCUT2D eigenvalue weighted by Crippen LogP contribution is 2.44. The second-order valence-electron chi connectivity index (χ2n) is 8.12. The van der Waals surface area contributed by atoms with Crippen molar-refractivity contribution in [2.45, 2.75) is 37.5 Å². The molecule has 1 unspecified atom stereocenters. The average Bonchev–Trinajstić information content (AvgIpc) is 3.50. The second-order valence-corrected chi connectivity index (χ2v) is 9.39. The molecule has 7 nitrogen and oxygen atoms in total. The number of halogens is 3. The number of hydrogen-bond acceptors (Lipinski definition) is 7. The summed E-state index contributed by atoms with van der Waals surface area (Å²) >= 11 is 7.45. The van der Waals surface area contributed by atoms with Crippen LogP contribution in [0.2, 0.25) is 5.02 Å². The monoisotopic (exact) mass is 495 g/mol. The van der Waals surface area contributed by atoms with E-state index in [0.717, 1.165) is 6.07 Å². The lowest BCUT2D eigenvalue weighted by Crippen LogP contribution is -2.41. The molecule has 3 aliphatic rings. The van der Waals surface area contributed by atoms with Crippen LogP contribution >= 0.6 is 22.9 Å². The highest BCUT2D eigenvalue weighted by molar-refractivity contribution is 7.11. The third kappa shape index (κ3) is 4.05. The van der Waals surface area contributed by atoms with Gasteiger partial charge in [-0.2, -0.15) is 0 Å². The molecular weight excluding hydrogens is 476 g/mol. The number of thiazole rings is 1. The number of aliphatic carboxylic acids is 1. The van der Waals surface area contributed by atoms with Gasteiger partial charge in [0.25, 0.3) is 0 Å². The Hall–Kier alpha value is -2.40. The van der Waals surface area contributed by atoms with Crippen molar-refractivity contribution in [3.8, 4) is 0 Å². The summed E-state index contributed by atoms with van der Waals surface area (Å²) in [7, 11) is 0. The summed E-state index contributed by atoms with van der Waals surface area (Å²) in [4.78, 5) is 21.3. The molecule has 1 spiro atoms. The van der Waals surface area contributed by atoms with Gasteiger partial charge in [0.2, 0.25) is 0 Å². The maximum Gasteiger partial charge on any atom is 0.335 e. The smallest absolute Gasteiger partial charge is 0.335 e. The number of allylic oxidation sites excluding steroid dienone is 1. The van der Waals surface area contributed by atoms with E-state index >= 15 is 0 Å². The zero-order valence-electron chi connectivity index (χ0n) is 17.3. The molecule has 2 aliphatic heterocycles. The molecule has 1 aromatic carbocycles. The van der Waals surface area contributed by atoms with E-state index in [1.807, 2.05) is 0 Å². The molecule has 3 heterocycles. The van der Waals surface area contributed by atoms with Crippen molar-refractivity contribution in [2.24, 2.45) is 10.9 Å². The summed E-state index contributed by atoms with van der Waals surface area (Å²) in [6.45, 7) is 1.09. The van der Waals surface area contributed by atoms with Crippen LogP contribution in [0.5, 0.6) is 0 Å². The predicted molar refractivity (Wildman–Crippen MR) is 117 cm³/mol. The van der Waals surface area contributed by atoms with E-state index in [9.17, 15) is 18.7 Å². The van der Waals surface area contributed by atoms with Gasteiger partial charge in [-0.25, -0.2) is 18.6 Å². The Bertz CT molecular complexity index is 1140. The molecule has 1 saturated heterocycles. The molecule has 11 heteroatoms. The molecule has 2 N–H and O–H groups in total. The van der Waals surface area contributed by atoms with Gasteiger partial charge < -0.3 is 19.9 Å². The predicted octanol–water partition coefficient (Wildman–Crippen LogP) is 4.44. The Morgan fingerprint density at radius 1 is 1.24 bits per heavy atom. The van der Waals surface area contributed by atoms with Crippen molar-refractivity contribution in [3.05, 3.63) is 62.2 Å². The van der Waals surface area contributed by atoms with Gasteiger partial charge in [0, 0.05) is 41.6 Å². The van der Waals surface area contributed by atoms with Crippen LogP contribution in [0.25, 0.3) is 0 Å². The van der Waals surface area contributed by atoms with Crippen LogP contribution in [0.4, 0.5) is 8.78 Å². The minimum atomic E-state index is -1.24. The fourth-order valence-electron chi connectivity index (χ4n) is 4.68. The average molecular weight is 496 g/mol. The zero-order chi connectivity index (χ0) is 23.2. The van der Waals surface area contributed by atoms with E-state index < -0.39 is 34.5 Å². The van der Waals surface area contributed by atoms with E-state index in [0.29, 0.717) is 55.4 Å². The number of ether oxygens (including phenoxy) is 2. The summed E-state index contributed by atoms with van der Waals surface area (Å²) < 4.78 is 39.6. The van der Waals surface area contributed by atoms with Gasteiger partial charge in [-0.15, -0.1) is 11.3 Å². The van der Waals surface area contributed by atoms with Gasteiger partial charge >= 0.3 is 5.97 Å². The number of aliphatic imine (C=N–C) groups is 1. The quantitative estimate of drug-likeness (QED) is 0.609. The number of carboxylic acids is 1. The zero-order valence-corrected chi connectivity index (χ0v) is 18.9. The molecule has 0 amide bonds. The Labute approximate surface area is 197 Å². The second kappa shape index (κ2) is 8.75. The number of nitrogens with one attached hydrogen (secondary N) is 1. The largest absolute Gasteiger partial charge is 0.478 e. The maximum absolute atomic E-state index is 14.3. The Morgan fingerprint density at radius 3 is 2.61 bits per heavy atom. The number of aromatic nitrogens is 1. The first-order valence-corrected chi connectivity index (χ1v) is 11.8. The first-order chi connectivity index (χ1) is 15.9.